The quantitative estimate of drug-likeness (QED) is 0.787. The number of nitrogen functional groups attached to an aromatic ring is 1. The van der Waals surface area contributed by atoms with E-state index in [0.717, 1.165) is 24.2 Å². The van der Waals surface area contributed by atoms with Crippen molar-refractivity contribution >= 4 is 18.4 Å². The summed E-state index contributed by atoms with van der Waals surface area (Å²) in [6.45, 7) is 3.07. The number of aryl methyl sites for hydroxylation is 1. The first-order valence-corrected chi connectivity index (χ1v) is 7.25. The first-order valence-electron chi connectivity index (χ1n) is 7.25. The van der Waals surface area contributed by atoms with Gasteiger partial charge in [-0.25, -0.2) is 4.98 Å². The van der Waals surface area contributed by atoms with Crippen LogP contribution in [0.15, 0.2) is 24.4 Å². The van der Waals surface area contributed by atoms with Gasteiger partial charge < -0.3 is 19.8 Å². The van der Waals surface area contributed by atoms with Crippen LogP contribution in [0, 0.1) is 0 Å². The number of imidazole rings is 1. The highest BCUT2D eigenvalue weighted by molar-refractivity contribution is 5.85. The smallest absolute Gasteiger partial charge is 0.200 e. The maximum atomic E-state index is 6.00. The van der Waals surface area contributed by atoms with Crippen LogP contribution < -0.4 is 15.2 Å². The maximum Gasteiger partial charge on any atom is 0.200 e. The number of hydrogen-bond donors (Lipinski definition) is 1. The van der Waals surface area contributed by atoms with Crippen LogP contribution in [0.4, 0.5) is 5.95 Å². The number of benzene rings is 1. The van der Waals surface area contributed by atoms with Crippen molar-refractivity contribution in [2.45, 2.75) is 32.7 Å². The zero-order valence-electron chi connectivity index (χ0n) is 13.3. The Bertz CT molecular complexity index is 599. The van der Waals surface area contributed by atoms with E-state index in [0.29, 0.717) is 17.4 Å². The maximum absolute atomic E-state index is 6.00. The van der Waals surface area contributed by atoms with Gasteiger partial charge >= 0.3 is 0 Å². The Balaban J connectivity index is 0.00000242. The summed E-state index contributed by atoms with van der Waals surface area (Å²) < 4.78 is 12.8. The minimum Gasteiger partial charge on any atom is -0.493 e. The molecule has 0 aliphatic rings. The number of hydrogen-bond acceptors (Lipinski definition) is 4. The molecule has 0 aliphatic carbocycles. The molecule has 6 heteroatoms. The van der Waals surface area contributed by atoms with Crippen LogP contribution in [0.5, 0.6) is 11.5 Å². The zero-order valence-corrected chi connectivity index (χ0v) is 14.2. The molecule has 1 aromatic carbocycles. The Morgan fingerprint density at radius 1 is 1.18 bits per heavy atom. The molecular weight excluding hydrogens is 302 g/mol. The van der Waals surface area contributed by atoms with E-state index in [1.165, 1.54) is 12.8 Å². The summed E-state index contributed by atoms with van der Waals surface area (Å²) in [6.07, 6.45) is 5.45. The number of anilines is 1. The van der Waals surface area contributed by atoms with Gasteiger partial charge in [0.05, 0.1) is 19.9 Å². The molecule has 2 N–H and O–H groups in total. The molecule has 2 rings (SSSR count). The van der Waals surface area contributed by atoms with E-state index < -0.39 is 0 Å². The molecule has 0 radical (unpaired) electrons. The van der Waals surface area contributed by atoms with E-state index in [-0.39, 0.29) is 12.4 Å². The Morgan fingerprint density at radius 2 is 1.95 bits per heavy atom. The predicted octanol–water partition coefficient (Wildman–Crippen LogP) is 3.76. The molecule has 22 heavy (non-hydrogen) atoms. The van der Waals surface area contributed by atoms with E-state index in [1.54, 1.807) is 14.2 Å². The summed E-state index contributed by atoms with van der Waals surface area (Å²) >= 11 is 0. The second-order valence-corrected chi connectivity index (χ2v) is 4.93. The topological polar surface area (TPSA) is 62.3 Å². The lowest BCUT2D eigenvalue weighted by molar-refractivity contribution is 0.356. The van der Waals surface area contributed by atoms with E-state index in [2.05, 4.69) is 11.9 Å². The van der Waals surface area contributed by atoms with E-state index >= 15 is 0 Å². The summed E-state index contributed by atoms with van der Waals surface area (Å²) in [6, 6.07) is 5.74. The van der Waals surface area contributed by atoms with Gasteiger partial charge in [0.1, 0.15) is 0 Å². The van der Waals surface area contributed by atoms with E-state index in [4.69, 9.17) is 15.2 Å². The van der Waals surface area contributed by atoms with Crippen LogP contribution in [0.3, 0.4) is 0 Å². The van der Waals surface area contributed by atoms with Crippen molar-refractivity contribution in [1.82, 2.24) is 9.55 Å². The summed E-state index contributed by atoms with van der Waals surface area (Å²) in [5.74, 6) is 1.90. The number of nitrogens with zero attached hydrogens (tertiary/aromatic N) is 2. The summed E-state index contributed by atoms with van der Waals surface area (Å²) in [5.41, 5.74) is 7.69. The molecule has 0 saturated heterocycles. The third-order valence-corrected chi connectivity index (χ3v) is 3.49. The van der Waals surface area contributed by atoms with Crippen molar-refractivity contribution in [3.05, 3.63) is 24.4 Å². The average Bonchev–Trinajstić information content (AvgIpc) is 2.87. The van der Waals surface area contributed by atoms with Crippen LogP contribution in [0.2, 0.25) is 0 Å². The van der Waals surface area contributed by atoms with Gasteiger partial charge in [-0.3, -0.25) is 0 Å². The molecule has 122 valence electrons. The van der Waals surface area contributed by atoms with Crippen molar-refractivity contribution in [2.75, 3.05) is 20.0 Å². The number of nitrogens with two attached hydrogens (primary N) is 1. The molecule has 1 aromatic heterocycles. The molecule has 5 nitrogen and oxygen atoms in total. The molecule has 0 atom stereocenters. The largest absolute Gasteiger partial charge is 0.493 e. The predicted molar refractivity (Wildman–Crippen MR) is 92.0 cm³/mol. The highest BCUT2D eigenvalue weighted by Crippen LogP contribution is 2.37. The lowest BCUT2D eigenvalue weighted by Gasteiger charge is -2.10. The van der Waals surface area contributed by atoms with Gasteiger partial charge in [0.2, 0.25) is 5.95 Å². The molecule has 1 heterocycles. The van der Waals surface area contributed by atoms with Crippen molar-refractivity contribution in [1.29, 1.82) is 0 Å². The molecule has 0 bridgehead atoms. The molecule has 0 unspecified atom stereocenters. The summed E-state index contributed by atoms with van der Waals surface area (Å²) in [4.78, 5) is 4.45. The summed E-state index contributed by atoms with van der Waals surface area (Å²) in [7, 11) is 3.25. The van der Waals surface area contributed by atoms with Crippen molar-refractivity contribution in [3.8, 4) is 22.8 Å². The molecule has 0 saturated carbocycles. The van der Waals surface area contributed by atoms with Crippen molar-refractivity contribution in [2.24, 2.45) is 0 Å². The third kappa shape index (κ3) is 3.85. The number of aromatic nitrogens is 2. The number of rotatable bonds is 7. The molecular formula is C16H24ClN3O2. The van der Waals surface area contributed by atoms with Gasteiger partial charge in [-0.15, -0.1) is 12.4 Å². The second kappa shape index (κ2) is 8.54. The fourth-order valence-electron chi connectivity index (χ4n) is 2.36. The highest BCUT2D eigenvalue weighted by atomic mass is 35.5. The standard InChI is InChI=1S/C16H23N3O2.ClH/c1-4-5-6-10-19-11-13(18-16(19)17)12-8-7-9-14(20-2)15(12)21-3;/h7-9,11H,4-6,10H2,1-3H3,(H2,17,18);1H. The number of methoxy groups -OCH3 is 2. The van der Waals surface area contributed by atoms with E-state index in [9.17, 15) is 0 Å². The molecule has 0 amide bonds. The number of ether oxygens (including phenoxy) is 2. The van der Waals surface area contributed by atoms with Gasteiger partial charge in [0.15, 0.2) is 11.5 Å². The number of halogens is 1. The zero-order chi connectivity index (χ0) is 15.2. The number of unbranched alkanes of at least 4 members (excludes halogenated alkanes) is 2. The molecule has 0 spiro atoms. The average molecular weight is 326 g/mol. The molecule has 0 aliphatic heterocycles. The van der Waals surface area contributed by atoms with Gasteiger partial charge in [-0.05, 0) is 18.6 Å². The fraction of sp³-hybridized carbons (Fsp3) is 0.438. The lowest BCUT2D eigenvalue weighted by Crippen LogP contribution is -2.02. The van der Waals surface area contributed by atoms with Crippen LogP contribution in [0.1, 0.15) is 26.2 Å². The highest BCUT2D eigenvalue weighted by Gasteiger charge is 2.15. The monoisotopic (exact) mass is 325 g/mol. The number of para-hydroxylation sites is 1. The van der Waals surface area contributed by atoms with Gasteiger partial charge in [-0.2, -0.15) is 0 Å². The normalized spacial score (nSPS) is 10.1. The van der Waals surface area contributed by atoms with Crippen LogP contribution in [0.25, 0.3) is 11.3 Å². The Morgan fingerprint density at radius 3 is 2.59 bits per heavy atom. The second-order valence-electron chi connectivity index (χ2n) is 4.93. The SMILES string of the molecule is CCCCCn1cc(-c2cccc(OC)c2OC)nc1N.Cl. The van der Waals surface area contributed by atoms with Crippen LogP contribution in [-0.2, 0) is 6.54 Å². The van der Waals surface area contributed by atoms with Crippen molar-refractivity contribution in [3.63, 3.8) is 0 Å². The Kier molecular flexibility index (Phi) is 7.05. The minimum atomic E-state index is 0. The first-order chi connectivity index (χ1) is 10.2. The Labute approximate surface area is 137 Å². The molecule has 0 fully saturated rings. The molecule has 2 aromatic rings. The summed E-state index contributed by atoms with van der Waals surface area (Å²) in [5, 5.41) is 0. The van der Waals surface area contributed by atoms with Gasteiger partial charge in [0, 0.05) is 18.3 Å². The van der Waals surface area contributed by atoms with Crippen LogP contribution in [-0.4, -0.2) is 23.8 Å². The Hall–Kier alpha value is -1.88. The third-order valence-electron chi connectivity index (χ3n) is 3.49. The fourth-order valence-corrected chi connectivity index (χ4v) is 2.36. The first kappa shape index (κ1) is 18.2. The lowest BCUT2D eigenvalue weighted by atomic mass is 10.1. The minimum absolute atomic E-state index is 0. The van der Waals surface area contributed by atoms with Gasteiger partial charge in [0.25, 0.3) is 0 Å². The van der Waals surface area contributed by atoms with E-state index in [1.807, 2.05) is 29.0 Å². The van der Waals surface area contributed by atoms with Gasteiger partial charge in [-0.1, -0.05) is 25.8 Å². The van der Waals surface area contributed by atoms with Crippen molar-refractivity contribution < 1.29 is 9.47 Å². The van der Waals surface area contributed by atoms with Crippen LogP contribution >= 0.6 is 12.4 Å².